The summed E-state index contributed by atoms with van der Waals surface area (Å²) in [6.45, 7) is 3.72. The van der Waals surface area contributed by atoms with Crippen LogP contribution in [0.25, 0.3) is 0 Å². The number of azo groups is 1. The maximum Gasteiger partial charge on any atom is 0.129 e. The van der Waals surface area contributed by atoms with Gasteiger partial charge in [0.2, 0.25) is 0 Å². The third kappa shape index (κ3) is 2.13. The van der Waals surface area contributed by atoms with E-state index in [4.69, 9.17) is 0 Å². The number of halogens is 1. The van der Waals surface area contributed by atoms with Gasteiger partial charge in [-0.05, 0) is 38.1 Å². The third-order valence-electron chi connectivity index (χ3n) is 2.18. The van der Waals surface area contributed by atoms with Crippen LogP contribution < -0.4 is 0 Å². The summed E-state index contributed by atoms with van der Waals surface area (Å²) in [7, 11) is 0. The lowest BCUT2D eigenvalue weighted by Crippen LogP contribution is -1.71. The first-order valence-electron chi connectivity index (χ1n) is 4.85. The van der Waals surface area contributed by atoms with Crippen molar-refractivity contribution in [2.45, 2.75) is 13.8 Å². The maximum atomic E-state index is 12.6. The van der Waals surface area contributed by atoms with E-state index in [0.717, 1.165) is 17.1 Å². The van der Waals surface area contributed by atoms with Gasteiger partial charge < -0.3 is 0 Å². The normalized spacial score (nSPS) is 11.2. The molecule has 2 rings (SSSR count). The Bertz CT molecular complexity index is 494. The number of aryl methyl sites for hydroxylation is 2. The van der Waals surface area contributed by atoms with Gasteiger partial charge in [-0.1, -0.05) is 0 Å². The Morgan fingerprint density at radius 1 is 1.12 bits per heavy atom. The minimum Gasteiger partial charge on any atom is -0.280 e. The number of aromatic nitrogens is 2. The van der Waals surface area contributed by atoms with Crippen LogP contribution in [0.1, 0.15) is 11.4 Å². The molecule has 1 aromatic heterocycles. The Morgan fingerprint density at radius 3 is 2.38 bits per heavy atom. The molecule has 1 aromatic carbocycles. The highest BCUT2D eigenvalue weighted by Gasteiger charge is 2.04. The van der Waals surface area contributed by atoms with Gasteiger partial charge in [-0.15, -0.1) is 5.11 Å². The lowest BCUT2D eigenvalue weighted by molar-refractivity contribution is 0.628. The second-order valence-electron chi connectivity index (χ2n) is 3.46. The molecule has 0 aliphatic rings. The predicted octanol–water partition coefficient (Wildman–Crippen LogP) is 3.58. The molecular weight excluding hydrogens is 207 g/mol. The minimum atomic E-state index is -0.283. The molecule has 0 amide bonds. The molecule has 5 heteroatoms. The highest BCUT2D eigenvalue weighted by molar-refractivity contribution is 5.46. The maximum absolute atomic E-state index is 12.6. The Morgan fingerprint density at radius 2 is 1.81 bits per heavy atom. The van der Waals surface area contributed by atoms with E-state index in [1.165, 1.54) is 12.1 Å². The van der Waals surface area contributed by atoms with Crippen molar-refractivity contribution in [1.29, 1.82) is 0 Å². The molecule has 1 heterocycles. The molecule has 0 spiro atoms. The molecule has 0 aliphatic heterocycles. The summed E-state index contributed by atoms with van der Waals surface area (Å²) >= 11 is 0. The van der Waals surface area contributed by atoms with Crippen LogP contribution >= 0.6 is 0 Å². The fourth-order valence-corrected chi connectivity index (χ4v) is 1.31. The lowest BCUT2D eigenvalue weighted by Gasteiger charge is -1.92. The second kappa shape index (κ2) is 4.22. The van der Waals surface area contributed by atoms with E-state index in [9.17, 15) is 4.39 Å². The number of H-pyrrole nitrogens is 1. The molecule has 0 atom stereocenters. The van der Waals surface area contributed by atoms with Crippen LogP contribution in [0, 0.1) is 19.7 Å². The van der Waals surface area contributed by atoms with Gasteiger partial charge in [0.25, 0.3) is 0 Å². The average Bonchev–Trinajstić information content (AvgIpc) is 2.59. The zero-order chi connectivity index (χ0) is 11.5. The second-order valence-corrected chi connectivity index (χ2v) is 3.46. The molecule has 0 fully saturated rings. The van der Waals surface area contributed by atoms with Crippen molar-refractivity contribution >= 4 is 11.4 Å². The highest BCUT2D eigenvalue weighted by Crippen LogP contribution is 2.23. The van der Waals surface area contributed by atoms with Gasteiger partial charge in [-0.25, -0.2) is 4.39 Å². The number of nitrogens with zero attached hydrogens (tertiary/aromatic N) is 3. The van der Waals surface area contributed by atoms with E-state index in [1.807, 2.05) is 13.8 Å². The summed E-state index contributed by atoms with van der Waals surface area (Å²) in [5.74, 6) is -0.283. The average molecular weight is 218 g/mol. The first-order chi connectivity index (χ1) is 7.66. The number of nitrogens with one attached hydrogen (secondary N) is 1. The fraction of sp³-hybridized carbons (Fsp3) is 0.182. The van der Waals surface area contributed by atoms with Crippen LogP contribution in [0.2, 0.25) is 0 Å². The van der Waals surface area contributed by atoms with Gasteiger partial charge in [0.05, 0.1) is 17.1 Å². The van der Waals surface area contributed by atoms with Gasteiger partial charge >= 0.3 is 0 Å². The van der Waals surface area contributed by atoms with Crippen molar-refractivity contribution in [2.24, 2.45) is 10.2 Å². The molecule has 0 unspecified atom stereocenters. The van der Waals surface area contributed by atoms with E-state index < -0.39 is 0 Å². The molecule has 4 nitrogen and oxygen atoms in total. The molecule has 0 bridgehead atoms. The zero-order valence-electron chi connectivity index (χ0n) is 9.03. The van der Waals surface area contributed by atoms with E-state index >= 15 is 0 Å². The summed E-state index contributed by atoms with van der Waals surface area (Å²) in [6.07, 6.45) is 0. The van der Waals surface area contributed by atoms with Crippen molar-refractivity contribution in [3.8, 4) is 0 Å². The van der Waals surface area contributed by atoms with Crippen LogP contribution in [-0.4, -0.2) is 10.2 Å². The molecule has 1 N–H and O–H groups in total. The van der Waals surface area contributed by atoms with Crippen molar-refractivity contribution in [1.82, 2.24) is 10.2 Å². The lowest BCUT2D eigenvalue weighted by atomic mass is 10.3. The van der Waals surface area contributed by atoms with Gasteiger partial charge in [0, 0.05) is 0 Å². The standard InChI is InChI=1S/C11H11FN4/c1-7-11(8(2)14-13-7)16-15-10-5-3-9(12)4-6-10/h3-6H,1-2H3,(H,13,14). The summed E-state index contributed by atoms with van der Waals surface area (Å²) in [5.41, 5.74) is 3.00. The molecule has 0 aliphatic carbocycles. The Balaban J connectivity index is 2.24. The summed E-state index contributed by atoms with van der Waals surface area (Å²) in [5, 5.41) is 14.9. The van der Waals surface area contributed by atoms with Crippen molar-refractivity contribution in [3.63, 3.8) is 0 Å². The van der Waals surface area contributed by atoms with Crippen LogP contribution in [0.4, 0.5) is 15.8 Å². The monoisotopic (exact) mass is 218 g/mol. The number of hydrogen-bond donors (Lipinski definition) is 1. The van der Waals surface area contributed by atoms with Crippen molar-refractivity contribution in [3.05, 3.63) is 41.5 Å². The number of hydrogen-bond acceptors (Lipinski definition) is 3. The topological polar surface area (TPSA) is 53.4 Å². The van der Waals surface area contributed by atoms with Gasteiger partial charge in [0.15, 0.2) is 0 Å². The van der Waals surface area contributed by atoms with Gasteiger partial charge in [-0.3, -0.25) is 5.10 Å². The van der Waals surface area contributed by atoms with E-state index in [2.05, 4.69) is 20.4 Å². The van der Waals surface area contributed by atoms with Crippen LogP contribution in [-0.2, 0) is 0 Å². The van der Waals surface area contributed by atoms with Crippen LogP contribution in [0.15, 0.2) is 34.5 Å². The first-order valence-corrected chi connectivity index (χ1v) is 4.85. The minimum absolute atomic E-state index is 0.283. The van der Waals surface area contributed by atoms with Crippen molar-refractivity contribution < 1.29 is 4.39 Å². The molecule has 82 valence electrons. The number of benzene rings is 1. The summed E-state index contributed by atoms with van der Waals surface area (Å²) in [6, 6.07) is 5.85. The quantitative estimate of drug-likeness (QED) is 0.769. The molecule has 0 saturated heterocycles. The van der Waals surface area contributed by atoms with Crippen molar-refractivity contribution in [2.75, 3.05) is 0 Å². The zero-order valence-corrected chi connectivity index (χ0v) is 9.03. The van der Waals surface area contributed by atoms with E-state index in [1.54, 1.807) is 12.1 Å². The van der Waals surface area contributed by atoms with Gasteiger partial charge in [0.1, 0.15) is 11.5 Å². The first kappa shape index (κ1) is 10.5. The Kier molecular flexibility index (Phi) is 2.76. The third-order valence-corrected chi connectivity index (χ3v) is 2.18. The number of rotatable bonds is 2. The molecule has 0 saturated carbocycles. The smallest absolute Gasteiger partial charge is 0.129 e. The summed E-state index contributed by atoms with van der Waals surface area (Å²) < 4.78 is 12.6. The predicted molar refractivity (Wildman–Crippen MR) is 58.6 cm³/mol. The summed E-state index contributed by atoms with van der Waals surface area (Å²) in [4.78, 5) is 0. The fourth-order valence-electron chi connectivity index (χ4n) is 1.31. The van der Waals surface area contributed by atoms with Crippen LogP contribution in [0.5, 0.6) is 0 Å². The van der Waals surface area contributed by atoms with Gasteiger partial charge in [-0.2, -0.15) is 10.2 Å². The Hall–Kier alpha value is -2.04. The molecule has 16 heavy (non-hydrogen) atoms. The molecular formula is C11H11FN4. The van der Waals surface area contributed by atoms with E-state index in [0.29, 0.717) is 5.69 Å². The molecule has 0 radical (unpaired) electrons. The highest BCUT2D eigenvalue weighted by atomic mass is 19.1. The number of aromatic amines is 1. The molecule has 2 aromatic rings. The van der Waals surface area contributed by atoms with E-state index in [-0.39, 0.29) is 5.82 Å². The SMILES string of the molecule is Cc1n[nH]c(C)c1N=Nc1ccc(F)cc1. The van der Waals surface area contributed by atoms with Crippen LogP contribution in [0.3, 0.4) is 0 Å². The Labute approximate surface area is 92.2 Å². The largest absolute Gasteiger partial charge is 0.280 e.